The van der Waals surface area contributed by atoms with Crippen molar-refractivity contribution in [2.45, 2.75) is 45.2 Å². The first-order valence-electron chi connectivity index (χ1n) is 6.67. The molecule has 0 aromatic rings. The molecule has 0 aromatic carbocycles. The molecule has 1 aliphatic carbocycles. The van der Waals surface area contributed by atoms with E-state index in [1.54, 1.807) is 0 Å². The van der Waals surface area contributed by atoms with Crippen molar-refractivity contribution in [3.63, 3.8) is 0 Å². The van der Waals surface area contributed by atoms with Gasteiger partial charge in [0.2, 0.25) is 10.0 Å². The molecule has 0 aromatic heterocycles. The minimum absolute atomic E-state index is 0.0325. The molecule has 0 amide bonds. The third kappa shape index (κ3) is 3.62. The Hall–Kier alpha value is -0.300. The Morgan fingerprint density at radius 3 is 2.53 bits per heavy atom. The monoisotopic (exact) mass is 299 g/mol. The van der Waals surface area contributed by atoms with Gasteiger partial charge in [-0.3, -0.25) is 0 Å². The fraction of sp³-hybridized carbons (Fsp3) is 1.00. The van der Waals surface area contributed by atoms with Gasteiger partial charge < -0.3 is 0 Å². The number of rotatable bonds is 3. The lowest BCUT2D eigenvalue weighted by molar-refractivity contribution is -0.130. The second-order valence-electron chi connectivity index (χ2n) is 6.11. The highest BCUT2D eigenvalue weighted by atomic mass is 32.2. The molecule has 1 spiro atoms. The SMILES string of the molecule is C[C@H]1CC[C@@]2(CCN(S(=O)(=O)CCC(F)(F)F)C2)C1. The summed E-state index contributed by atoms with van der Waals surface area (Å²) in [6, 6.07) is 0. The summed E-state index contributed by atoms with van der Waals surface area (Å²) in [5.74, 6) is -0.222. The number of alkyl halides is 3. The first-order chi connectivity index (χ1) is 8.62. The number of nitrogens with zero attached hydrogens (tertiary/aromatic N) is 1. The van der Waals surface area contributed by atoms with Crippen LogP contribution in [-0.4, -0.2) is 37.7 Å². The maximum Gasteiger partial charge on any atom is 0.390 e. The van der Waals surface area contributed by atoms with Gasteiger partial charge in [-0.1, -0.05) is 13.3 Å². The van der Waals surface area contributed by atoms with Crippen molar-refractivity contribution in [2.75, 3.05) is 18.8 Å². The highest BCUT2D eigenvalue weighted by Crippen LogP contribution is 2.48. The minimum atomic E-state index is -4.41. The zero-order chi connectivity index (χ0) is 14.3. The van der Waals surface area contributed by atoms with Crippen molar-refractivity contribution in [3.05, 3.63) is 0 Å². The van der Waals surface area contributed by atoms with E-state index in [1.165, 1.54) is 4.31 Å². The Kier molecular flexibility index (Phi) is 3.90. The van der Waals surface area contributed by atoms with E-state index in [9.17, 15) is 21.6 Å². The van der Waals surface area contributed by atoms with Crippen LogP contribution < -0.4 is 0 Å². The number of sulfonamides is 1. The molecule has 0 radical (unpaired) electrons. The smallest absolute Gasteiger partial charge is 0.212 e. The van der Waals surface area contributed by atoms with E-state index in [-0.39, 0.29) is 5.41 Å². The molecule has 19 heavy (non-hydrogen) atoms. The number of hydrogen-bond acceptors (Lipinski definition) is 2. The average molecular weight is 299 g/mol. The molecule has 1 saturated heterocycles. The van der Waals surface area contributed by atoms with E-state index in [4.69, 9.17) is 0 Å². The number of halogens is 3. The molecule has 0 unspecified atom stereocenters. The second-order valence-corrected chi connectivity index (χ2v) is 8.20. The van der Waals surface area contributed by atoms with Gasteiger partial charge in [-0.2, -0.15) is 13.2 Å². The lowest BCUT2D eigenvalue weighted by atomic mass is 9.85. The highest BCUT2D eigenvalue weighted by Gasteiger charge is 2.46. The summed E-state index contributed by atoms with van der Waals surface area (Å²) < 4.78 is 61.5. The van der Waals surface area contributed by atoms with E-state index in [0.717, 1.165) is 25.7 Å². The zero-order valence-corrected chi connectivity index (χ0v) is 11.9. The molecule has 112 valence electrons. The summed E-state index contributed by atoms with van der Waals surface area (Å²) in [5, 5.41) is 0. The third-order valence-corrected chi connectivity index (χ3v) is 6.21. The summed E-state index contributed by atoms with van der Waals surface area (Å²) >= 11 is 0. The van der Waals surface area contributed by atoms with Crippen molar-refractivity contribution in [2.24, 2.45) is 11.3 Å². The zero-order valence-electron chi connectivity index (χ0n) is 11.0. The van der Waals surface area contributed by atoms with E-state index >= 15 is 0 Å². The van der Waals surface area contributed by atoms with Gasteiger partial charge in [0.1, 0.15) is 0 Å². The molecule has 1 aliphatic heterocycles. The average Bonchev–Trinajstić information content (AvgIpc) is 2.84. The van der Waals surface area contributed by atoms with Crippen LogP contribution in [0.4, 0.5) is 13.2 Å². The lowest BCUT2D eigenvalue weighted by Crippen LogP contribution is -2.34. The van der Waals surface area contributed by atoms with Gasteiger partial charge in [-0.05, 0) is 30.6 Å². The Morgan fingerprint density at radius 2 is 2.00 bits per heavy atom. The Balaban J connectivity index is 1.96. The summed E-state index contributed by atoms with van der Waals surface area (Å²) in [6.45, 7) is 2.94. The lowest BCUT2D eigenvalue weighted by Gasteiger charge is -2.24. The molecule has 2 fully saturated rings. The van der Waals surface area contributed by atoms with Crippen molar-refractivity contribution in [1.29, 1.82) is 0 Å². The first kappa shape index (κ1) is 15.1. The number of hydrogen-bond donors (Lipinski definition) is 0. The predicted molar refractivity (Wildman–Crippen MR) is 66.1 cm³/mol. The Morgan fingerprint density at radius 1 is 1.32 bits per heavy atom. The molecular weight excluding hydrogens is 279 g/mol. The molecule has 2 atom stereocenters. The van der Waals surface area contributed by atoms with Crippen molar-refractivity contribution < 1.29 is 21.6 Å². The van der Waals surface area contributed by atoms with Gasteiger partial charge >= 0.3 is 6.18 Å². The van der Waals surface area contributed by atoms with Crippen LogP contribution >= 0.6 is 0 Å². The van der Waals surface area contributed by atoms with Crippen LogP contribution in [0.25, 0.3) is 0 Å². The van der Waals surface area contributed by atoms with E-state index in [0.29, 0.717) is 19.0 Å². The van der Waals surface area contributed by atoms with E-state index in [1.807, 2.05) is 0 Å². The largest absolute Gasteiger partial charge is 0.390 e. The predicted octanol–water partition coefficient (Wildman–Crippen LogP) is 2.78. The summed E-state index contributed by atoms with van der Waals surface area (Å²) in [6.07, 6.45) is -1.78. The van der Waals surface area contributed by atoms with Crippen molar-refractivity contribution >= 4 is 10.0 Å². The van der Waals surface area contributed by atoms with E-state index < -0.39 is 28.4 Å². The van der Waals surface area contributed by atoms with E-state index in [2.05, 4.69) is 6.92 Å². The van der Waals surface area contributed by atoms with Gasteiger partial charge in [0, 0.05) is 13.1 Å². The quantitative estimate of drug-likeness (QED) is 0.803. The maximum atomic E-state index is 12.1. The topological polar surface area (TPSA) is 37.4 Å². The fourth-order valence-corrected chi connectivity index (χ4v) is 4.96. The second kappa shape index (κ2) is 4.91. The summed E-state index contributed by atoms with van der Waals surface area (Å²) in [7, 11) is -3.76. The Bertz CT molecular complexity index is 435. The molecule has 2 aliphatic rings. The summed E-state index contributed by atoms with van der Waals surface area (Å²) in [5.41, 5.74) is 0.0325. The van der Waals surface area contributed by atoms with Gasteiger partial charge in [0.15, 0.2) is 0 Å². The van der Waals surface area contributed by atoms with Crippen LogP contribution in [0.2, 0.25) is 0 Å². The first-order valence-corrected chi connectivity index (χ1v) is 8.27. The molecule has 2 rings (SSSR count). The van der Waals surface area contributed by atoms with Crippen LogP contribution in [0.3, 0.4) is 0 Å². The minimum Gasteiger partial charge on any atom is -0.212 e. The molecule has 3 nitrogen and oxygen atoms in total. The Labute approximate surface area is 112 Å². The van der Waals surface area contributed by atoms with Crippen LogP contribution in [0.5, 0.6) is 0 Å². The van der Waals surface area contributed by atoms with Crippen molar-refractivity contribution in [3.8, 4) is 0 Å². The molecular formula is C12H20F3NO2S. The third-order valence-electron chi connectivity index (χ3n) is 4.39. The van der Waals surface area contributed by atoms with Gasteiger partial charge in [0.05, 0.1) is 12.2 Å². The summed E-state index contributed by atoms with van der Waals surface area (Å²) in [4.78, 5) is 0. The van der Waals surface area contributed by atoms with Crippen LogP contribution in [0, 0.1) is 11.3 Å². The standard InChI is InChI=1S/C12H20F3NO2S/c1-10-2-3-11(8-10)4-6-16(9-11)19(17,18)7-5-12(13,14)15/h10H,2-9H2,1H3/t10-,11+/m0/s1. The van der Waals surface area contributed by atoms with Crippen LogP contribution in [-0.2, 0) is 10.0 Å². The highest BCUT2D eigenvalue weighted by molar-refractivity contribution is 7.89. The van der Waals surface area contributed by atoms with Crippen molar-refractivity contribution in [1.82, 2.24) is 4.31 Å². The molecule has 1 saturated carbocycles. The van der Waals surface area contributed by atoms with Crippen LogP contribution in [0.15, 0.2) is 0 Å². The molecule has 0 N–H and O–H groups in total. The maximum absolute atomic E-state index is 12.1. The molecule has 1 heterocycles. The normalized spacial score (nSPS) is 33.4. The fourth-order valence-electron chi connectivity index (χ4n) is 3.37. The van der Waals surface area contributed by atoms with Gasteiger partial charge in [-0.15, -0.1) is 0 Å². The molecule has 0 bridgehead atoms. The van der Waals surface area contributed by atoms with Gasteiger partial charge in [-0.25, -0.2) is 12.7 Å². The van der Waals surface area contributed by atoms with Gasteiger partial charge in [0.25, 0.3) is 0 Å². The van der Waals surface area contributed by atoms with Crippen LogP contribution in [0.1, 0.15) is 39.0 Å². The molecule has 7 heteroatoms.